The minimum atomic E-state index is -3.50. The molecule has 0 bridgehead atoms. The average Bonchev–Trinajstić information content (AvgIpc) is 3.47. The highest BCUT2D eigenvalue weighted by molar-refractivity contribution is 7.89. The van der Waals surface area contributed by atoms with Crippen molar-refractivity contribution in [3.8, 4) is 11.4 Å². The Bertz CT molecular complexity index is 1120. The zero-order valence-corrected chi connectivity index (χ0v) is 17.4. The SMILES string of the molecule is CN(Cc1nc(-c2ccccc2)no1)C(=O)c1ccc(S(=O)(=O)N2CCCC2)cc1. The van der Waals surface area contributed by atoms with E-state index in [0.717, 1.165) is 18.4 Å². The lowest BCUT2D eigenvalue weighted by Gasteiger charge is -2.17. The standard InChI is InChI=1S/C21H22N4O4S/c1-24(15-19-22-20(23-29-19)16-7-3-2-4-8-16)21(26)17-9-11-18(12-10-17)30(27,28)25-13-5-6-14-25/h2-4,7-12H,5-6,13-15H2,1H3. The van der Waals surface area contributed by atoms with Crippen LogP contribution in [0, 0.1) is 0 Å². The zero-order chi connectivity index (χ0) is 21.1. The van der Waals surface area contributed by atoms with Gasteiger partial charge in [-0.25, -0.2) is 8.42 Å². The normalized spacial score (nSPS) is 14.7. The summed E-state index contributed by atoms with van der Waals surface area (Å²) in [7, 11) is -1.87. The minimum absolute atomic E-state index is 0.145. The largest absolute Gasteiger partial charge is 0.337 e. The topological polar surface area (TPSA) is 96.6 Å². The van der Waals surface area contributed by atoms with Crippen LogP contribution in [0.3, 0.4) is 0 Å². The molecule has 1 fully saturated rings. The molecule has 0 N–H and O–H groups in total. The molecule has 0 atom stereocenters. The van der Waals surface area contributed by atoms with E-state index in [1.54, 1.807) is 7.05 Å². The van der Waals surface area contributed by atoms with Gasteiger partial charge >= 0.3 is 0 Å². The van der Waals surface area contributed by atoms with Crippen molar-refractivity contribution in [3.63, 3.8) is 0 Å². The Morgan fingerprint density at radius 3 is 2.40 bits per heavy atom. The third kappa shape index (κ3) is 4.12. The summed E-state index contributed by atoms with van der Waals surface area (Å²) in [4.78, 5) is 18.7. The van der Waals surface area contributed by atoms with Gasteiger partial charge in [-0.3, -0.25) is 4.79 Å². The van der Waals surface area contributed by atoms with Crippen molar-refractivity contribution in [1.29, 1.82) is 0 Å². The van der Waals surface area contributed by atoms with Crippen molar-refractivity contribution >= 4 is 15.9 Å². The Kier molecular flexibility index (Phi) is 5.65. The lowest BCUT2D eigenvalue weighted by Crippen LogP contribution is -2.28. The van der Waals surface area contributed by atoms with Crippen LogP contribution in [0.15, 0.2) is 64.0 Å². The number of carbonyl (C=O) groups excluding carboxylic acids is 1. The van der Waals surface area contributed by atoms with Crippen LogP contribution in [0.2, 0.25) is 0 Å². The molecule has 156 valence electrons. The number of benzene rings is 2. The van der Waals surface area contributed by atoms with Crippen molar-refractivity contribution in [3.05, 3.63) is 66.1 Å². The number of hydrogen-bond donors (Lipinski definition) is 0. The second-order valence-corrected chi connectivity index (χ2v) is 9.11. The lowest BCUT2D eigenvalue weighted by atomic mass is 10.2. The first kappa shape index (κ1) is 20.2. The van der Waals surface area contributed by atoms with Crippen LogP contribution in [0.25, 0.3) is 11.4 Å². The molecule has 2 heterocycles. The number of aromatic nitrogens is 2. The monoisotopic (exact) mass is 426 g/mol. The van der Waals surface area contributed by atoms with Gasteiger partial charge in [0.1, 0.15) is 0 Å². The van der Waals surface area contributed by atoms with Gasteiger partial charge < -0.3 is 9.42 Å². The van der Waals surface area contributed by atoms with Crippen molar-refractivity contribution in [2.24, 2.45) is 0 Å². The Morgan fingerprint density at radius 1 is 1.07 bits per heavy atom. The Morgan fingerprint density at radius 2 is 1.73 bits per heavy atom. The Labute approximate surface area is 175 Å². The summed E-state index contributed by atoms with van der Waals surface area (Å²) in [6, 6.07) is 15.4. The first-order chi connectivity index (χ1) is 14.4. The number of carbonyl (C=O) groups is 1. The fourth-order valence-electron chi connectivity index (χ4n) is 3.37. The summed E-state index contributed by atoms with van der Waals surface area (Å²) in [5.74, 6) is 0.514. The summed E-state index contributed by atoms with van der Waals surface area (Å²) < 4.78 is 32.0. The van der Waals surface area contributed by atoms with Crippen LogP contribution >= 0.6 is 0 Å². The molecule has 1 aliphatic rings. The highest BCUT2D eigenvalue weighted by Gasteiger charge is 2.27. The Hall–Kier alpha value is -3.04. The molecule has 4 rings (SSSR count). The second kappa shape index (κ2) is 8.37. The van der Waals surface area contributed by atoms with Crippen molar-refractivity contribution in [2.75, 3.05) is 20.1 Å². The molecular formula is C21H22N4O4S. The molecule has 1 amide bonds. The van der Waals surface area contributed by atoms with Crippen molar-refractivity contribution < 1.29 is 17.7 Å². The van der Waals surface area contributed by atoms with Crippen LogP contribution in [0.4, 0.5) is 0 Å². The maximum absolute atomic E-state index is 12.7. The van der Waals surface area contributed by atoms with Gasteiger partial charge in [0.2, 0.25) is 21.7 Å². The highest BCUT2D eigenvalue weighted by atomic mass is 32.2. The molecule has 2 aromatic carbocycles. The van der Waals surface area contributed by atoms with Crippen LogP contribution in [-0.2, 0) is 16.6 Å². The third-order valence-corrected chi connectivity index (χ3v) is 6.94. The average molecular weight is 426 g/mol. The Balaban J connectivity index is 1.43. The molecule has 0 saturated carbocycles. The fraction of sp³-hybridized carbons (Fsp3) is 0.286. The summed E-state index contributed by atoms with van der Waals surface area (Å²) in [5.41, 5.74) is 1.22. The van der Waals surface area contributed by atoms with Gasteiger partial charge in [0.15, 0.2) is 0 Å². The van der Waals surface area contributed by atoms with E-state index in [1.807, 2.05) is 30.3 Å². The fourth-order valence-corrected chi connectivity index (χ4v) is 4.88. The zero-order valence-electron chi connectivity index (χ0n) is 16.6. The summed E-state index contributed by atoms with van der Waals surface area (Å²) in [5, 5.41) is 3.95. The van der Waals surface area contributed by atoms with Gasteiger partial charge in [-0.2, -0.15) is 9.29 Å². The molecule has 8 nitrogen and oxygen atoms in total. The van der Waals surface area contributed by atoms with E-state index in [1.165, 1.54) is 33.5 Å². The number of nitrogens with zero attached hydrogens (tertiary/aromatic N) is 4. The van der Waals surface area contributed by atoms with Crippen molar-refractivity contribution in [1.82, 2.24) is 19.3 Å². The van der Waals surface area contributed by atoms with Crippen LogP contribution in [0.5, 0.6) is 0 Å². The molecule has 0 radical (unpaired) electrons. The lowest BCUT2D eigenvalue weighted by molar-refractivity contribution is 0.0769. The van der Waals surface area contributed by atoms with Gasteiger partial charge in [0, 0.05) is 31.3 Å². The van der Waals surface area contributed by atoms with Gasteiger partial charge in [-0.1, -0.05) is 35.5 Å². The maximum Gasteiger partial charge on any atom is 0.254 e. The minimum Gasteiger partial charge on any atom is -0.337 e. The smallest absolute Gasteiger partial charge is 0.254 e. The number of rotatable bonds is 6. The van der Waals surface area contributed by atoms with E-state index in [0.29, 0.717) is 30.4 Å². The molecular weight excluding hydrogens is 404 g/mol. The molecule has 1 saturated heterocycles. The molecule has 1 aliphatic heterocycles. The summed E-state index contributed by atoms with van der Waals surface area (Å²) in [6.07, 6.45) is 1.75. The van der Waals surface area contributed by atoms with E-state index in [4.69, 9.17) is 4.52 Å². The summed E-state index contributed by atoms with van der Waals surface area (Å²) >= 11 is 0. The van der Waals surface area contributed by atoms with Crippen LogP contribution < -0.4 is 0 Å². The van der Waals surface area contributed by atoms with Gasteiger partial charge in [0.25, 0.3) is 5.91 Å². The molecule has 30 heavy (non-hydrogen) atoms. The molecule has 3 aromatic rings. The molecule has 9 heteroatoms. The second-order valence-electron chi connectivity index (χ2n) is 7.17. The third-order valence-electron chi connectivity index (χ3n) is 5.02. The van der Waals surface area contributed by atoms with Gasteiger partial charge in [0.05, 0.1) is 11.4 Å². The van der Waals surface area contributed by atoms with Crippen molar-refractivity contribution in [2.45, 2.75) is 24.3 Å². The molecule has 0 spiro atoms. The van der Waals surface area contributed by atoms with E-state index >= 15 is 0 Å². The molecule has 0 unspecified atom stereocenters. The van der Waals surface area contributed by atoms with E-state index in [2.05, 4.69) is 10.1 Å². The number of hydrogen-bond acceptors (Lipinski definition) is 6. The van der Waals surface area contributed by atoms with E-state index in [-0.39, 0.29) is 17.3 Å². The predicted molar refractivity (Wildman–Crippen MR) is 110 cm³/mol. The number of sulfonamides is 1. The quantitative estimate of drug-likeness (QED) is 0.601. The van der Waals surface area contributed by atoms with Gasteiger partial charge in [-0.05, 0) is 37.1 Å². The highest BCUT2D eigenvalue weighted by Crippen LogP contribution is 2.22. The van der Waals surface area contributed by atoms with Gasteiger partial charge in [-0.15, -0.1) is 0 Å². The van der Waals surface area contributed by atoms with E-state index < -0.39 is 10.0 Å². The number of amides is 1. The maximum atomic E-state index is 12.7. The van der Waals surface area contributed by atoms with Crippen LogP contribution in [0.1, 0.15) is 29.1 Å². The van der Waals surface area contributed by atoms with Crippen LogP contribution in [-0.4, -0.2) is 53.8 Å². The predicted octanol–water partition coefficient (Wildman–Crippen LogP) is 2.79. The summed E-state index contributed by atoms with van der Waals surface area (Å²) in [6.45, 7) is 1.23. The molecule has 1 aromatic heterocycles. The first-order valence-electron chi connectivity index (χ1n) is 9.69. The van der Waals surface area contributed by atoms with E-state index in [9.17, 15) is 13.2 Å². The first-order valence-corrected chi connectivity index (χ1v) is 11.1. The molecule has 0 aliphatic carbocycles.